The minimum Gasteiger partial charge on any atom is -0.480 e. The van der Waals surface area contributed by atoms with Gasteiger partial charge in [0.1, 0.15) is 17.2 Å². The smallest absolute Gasteiger partial charge is 0.322 e. The molecule has 0 aliphatic rings. The third kappa shape index (κ3) is 3.70. The predicted molar refractivity (Wildman–Crippen MR) is 117 cm³/mol. The molecule has 0 spiro atoms. The van der Waals surface area contributed by atoms with Crippen molar-refractivity contribution in [2.24, 2.45) is 5.92 Å². The predicted octanol–water partition coefficient (Wildman–Crippen LogP) is 3.98. The zero-order valence-corrected chi connectivity index (χ0v) is 18.4. The Morgan fingerprint density at radius 3 is 2.45 bits per heavy atom. The Morgan fingerprint density at radius 1 is 1.10 bits per heavy atom. The van der Waals surface area contributed by atoms with Gasteiger partial charge in [0, 0.05) is 28.1 Å². The minimum absolute atomic E-state index is 0.0484. The summed E-state index contributed by atoms with van der Waals surface area (Å²) in [5, 5.41) is 18.2. The fourth-order valence-electron chi connectivity index (χ4n) is 3.76. The van der Waals surface area contributed by atoms with Gasteiger partial charge >= 0.3 is 5.97 Å². The van der Waals surface area contributed by atoms with E-state index in [2.05, 4.69) is 14.9 Å². The van der Waals surface area contributed by atoms with Crippen molar-refractivity contribution in [3.8, 4) is 11.1 Å². The summed E-state index contributed by atoms with van der Waals surface area (Å²) in [6.07, 6.45) is 0. The van der Waals surface area contributed by atoms with E-state index in [1.165, 1.54) is 12.1 Å². The highest BCUT2D eigenvalue weighted by Crippen LogP contribution is 2.35. The molecule has 9 heteroatoms. The summed E-state index contributed by atoms with van der Waals surface area (Å²) >= 11 is 0. The van der Waals surface area contributed by atoms with Gasteiger partial charge in [-0.1, -0.05) is 19.9 Å². The van der Waals surface area contributed by atoms with E-state index >= 15 is 0 Å². The summed E-state index contributed by atoms with van der Waals surface area (Å²) in [6.45, 7) is 7.18. The normalized spacial score (nSPS) is 13.3. The van der Waals surface area contributed by atoms with Crippen molar-refractivity contribution in [3.63, 3.8) is 0 Å². The van der Waals surface area contributed by atoms with Crippen LogP contribution in [0.2, 0.25) is 0 Å². The van der Waals surface area contributed by atoms with Crippen molar-refractivity contribution in [3.05, 3.63) is 47.8 Å². The summed E-state index contributed by atoms with van der Waals surface area (Å²) in [5.41, 5.74) is 4.90. The van der Waals surface area contributed by atoms with Crippen LogP contribution in [-0.4, -0.2) is 35.7 Å². The van der Waals surface area contributed by atoms with Gasteiger partial charge in [0.05, 0.1) is 10.6 Å². The summed E-state index contributed by atoms with van der Waals surface area (Å²) in [5.74, 6) is -1.63. The van der Waals surface area contributed by atoms with E-state index in [1.807, 2.05) is 32.0 Å². The average molecular weight is 442 g/mol. The van der Waals surface area contributed by atoms with Crippen molar-refractivity contribution in [1.82, 2.24) is 14.9 Å². The lowest BCUT2D eigenvalue weighted by atomic mass is 10.0. The molecule has 162 valence electrons. The average Bonchev–Trinajstić information content (AvgIpc) is 3.24. The number of aliphatic carboxylic acids is 1. The number of carbonyl (C=O) groups is 1. The molecular weight excluding hydrogens is 418 g/mol. The van der Waals surface area contributed by atoms with Crippen LogP contribution in [0.15, 0.2) is 45.7 Å². The highest BCUT2D eigenvalue weighted by Gasteiger charge is 2.28. The monoisotopic (exact) mass is 441 g/mol. The van der Waals surface area contributed by atoms with Crippen LogP contribution in [0.4, 0.5) is 0 Å². The number of hydrogen-bond acceptors (Lipinski definition) is 5. The fraction of sp³-hybridized carbons (Fsp3) is 0.273. The lowest BCUT2D eigenvalue weighted by Crippen LogP contribution is -2.44. The number of nitrogens with one attached hydrogen (secondary N) is 2. The number of benzene rings is 2. The Bertz CT molecular complexity index is 1400. The molecule has 8 nitrogen and oxygen atoms in total. The molecule has 0 unspecified atom stereocenters. The molecular formula is C22H23N3O5S. The molecule has 0 amide bonds. The number of carboxylic acid groups (broad SMARTS) is 1. The van der Waals surface area contributed by atoms with Gasteiger partial charge in [0.2, 0.25) is 10.0 Å². The largest absolute Gasteiger partial charge is 0.480 e. The molecule has 0 bridgehead atoms. The molecule has 0 saturated heterocycles. The van der Waals surface area contributed by atoms with E-state index < -0.39 is 28.0 Å². The van der Waals surface area contributed by atoms with Crippen LogP contribution < -0.4 is 4.72 Å². The first kappa shape index (κ1) is 21.1. The van der Waals surface area contributed by atoms with Gasteiger partial charge in [-0.05, 0) is 49.6 Å². The highest BCUT2D eigenvalue weighted by atomic mass is 32.2. The molecule has 0 radical (unpaired) electrons. The summed E-state index contributed by atoms with van der Waals surface area (Å²) in [7, 11) is -4.04. The molecule has 0 fully saturated rings. The second-order valence-electron chi connectivity index (χ2n) is 7.96. The molecule has 2 aromatic heterocycles. The van der Waals surface area contributed by atoms with Gasteiger partial charge in [-0.15, -0.1) is 0 Å². The van der Waals surface area contributed by atoms with Crippen LogP contribution in [0.3, 0.4) is 0 Å². The molecule has 3 N–H and O–H groups in total. The number of hydrogen-bond donors (Lipinski definition) is 3. The van der Waals surface area contributed by atoms with Crippen molar-refractivity contribution in [2.75, 3.05) is 0 Å². The van der Waals surface area contributed by atoms with Crippen LogP contribution in [0.5, 0.6) is 0 Å². The number of carboxylic acids is 1. The van der Waals surface area contributed by atoms with Gasteiger partial charge in [-0.2, -0.15) is 9.82 Å². The van der Waals surface area contributed by atoms with Crippen LogP contribution in [0, 0.1) is 19.8 Å². The molecule has 2 aromatic carbocycles. The van der Waals surface area contributed by atoms with Gasteiger partial charge < -0.3 is 9.52 Å². The van der Waals surface area contributed by atoms with Crippen molar-refractivity contribution >= 4 is 37.9 Å². The molecule has 4 rings (SSSR count). The Balaban J connectivity index is 1.78. The first-order valence-electron chi connectivity index (χ1n) is 9.82. The minimum atomic E-state index is -4.04. The quantitative estimate of drug-likeness (QED) is 0.416. The second-order valence-corrected chi connectivity index (χ2v) is 9.68. The lowest BCUT2D eigenvalue weighted by molar-refractivity contribution is -0.140. The highest BCUT2D eigenvalue weighted by molar-refractivity contribution is 7.89. The Hall–Kier alpha value is -3.17. The van der Waals surface area contributed by atoms with E-state index in [0.717, 1.165) is 33.3 Å². The summed E-state index contributed by atoms with van der Waals surface area (Å²) in [4.78, 5) is 11.4. The molecule has 0 saturated carbocycles. The van der Waals surface area contributed by atoms with Crippen molar-refractivity contribution in [1.29, 1.82) is 0 Å². The Kier molecular flexibility index (Phi) is 5.10. The molecule has 4 aromatic rings. The number of rotatable bonds is 6. The number of sulfonamides is 1. The maximum atomic E-state index is 12.8. The van der Waals surface area contributed by atoms with Crippen LogP contribution >= 0.6 is 0 Å². The second kappa shape index (κ2) is 7.51. The Morgan fingerprint density at radius 2 is 1.84 bits per heavy atom. The van der Waals surface area contributed by atoms with Gasteiger partial charge in [-0.3, -0.25) is 9.89 Å². The van der Waals surface area contributed by atoms with Crippen LogP contribution in [0.25, 0.3) is 33.1 Å². The van der Waals surface area contributed by atoms with Crippen LogP contribution in [-0.2, 0) is 14.8 Å². The molecule has 31 heavy (non-hydrogen) atoms. The van der Waals surface area contributed by atoms with Crippen molar-refractivity contribution in [2.45, 2.75) is 38.6 Å². The number of furan rings is 1. The first-order valence-corrected chi connectivity index (χ1v) is 11.3. The number of aromatic amines is 1. The number of aromatic nitrogens is 2. The van der Waals surface area contributed by atoms with E-state index in [-0.39, 0.29) is 4.90 Å². The molecule has 1 atom stereocenters. The lowest BCUT2D eigenvalue weighted by Gasteiger charge is -2.17. The number of nitrogens with zero attached hydrogens (tertiary/aromatic N) is 1. The third-order valence-corrected chi connectivity index (χ3v) is 6.82. The molecule has 0 aliphatic heterocycles. The number of H-pyrrole nitrogens is 1. The zero-order valence-electron chi connectivity index (χ0n) is 17.6. The SMILES string of the molecule is Cc1n[nH]c(C)c1-c1ccc2oc3cc(S(=O)(=O)N[C@H](C(=O)O)C(C)C)ccc3c2c1. The molecule has 2 heterocycles. The van der Waals surface area contributed by atoms with Gasteiger partial charge in [0.25, 0.3) is 0 Å². The number of aryl methyl sites for hydroxylation is 2. The van der Waals surface area contributed by atoms with Crippen LogP contribution in [0.1, 0.15) is 25.2 Å². The fourth-order valence-corrected chi connectivity index (χ4v) is 5.12. The standard InChI is InChI=1S/C22H23N3O5S/c1-11(2)21(22(26)27)25-31(28,29)15-6-7-16-17-9-14(20-12(3)23-24-13(20)4)5-8-18(17)30-19(16)10-15/h5-11,21,25H,1-4H3,(H,23,24)(H,26,27)/t21-/m0/s1. The van der Waals surface area contributed by atoms with E-state index in [0.29, 0.717) is 11.2 Å². The topological polar surface area (TPSA) is 125 Å². The van der Waals surface area contributed by atoms with E-state index in [9.17, 15) is 18.3 Å². The van der Waals surface area contributed by atoms with E-state index in [4.69, 9.17) is 4.42 Å². The van der Waals surface area contributed by atoms with Gasteiger partial charge in [-0.25, -0.2) is 8.42 Å². The van der Waals surface area contributed by atoms with E-state index in [1.54, 1.807) is 19.9 Å². The number of fused-ring (bicyclic) bond motifs is 3. The molecule has 0 aliphatic carbocycles. The summed E-state index contributed by atoms with van der Waals surface area (Å²) in [6, 6.07) is 9.12. The Labute approximate surface area is 179 Å². The maximum Gasteiger partial charge on any atom is 0.322 e. The first-order chi connectivity index (χ1) is 14.6. The maximum absolute atomic E-state index is 12.8. The third-order valence-electron chi connectivity index (χ3n) is 5.38. The zero-order chi connectivity index (χ0) is 22.5. The summed E-state index contributed by atoms with van der Waals surface area (Å²) < 4.78 is 33.7. The van der Waals surface area contributed by atoms with Crippen molar-refractivity contribution < 1.29 is 22.7 Å². The van der Waals surface area contributed by atoms with Gasteiger partial charge in [0.15, 0.2) is 0 Å².